The Morgan fingerprint density at radius 1 is 1.12 bits per heavy atom. The number of rotatable bonds is 6. The first-order valence-electron chi connectivity index (χ1n) is 8.77. The molecule has 0 aliphatic rings. The molecule has 0 fully saturated rings. The summed E-state index contributed by atoms with van der Waals surface area (Å²) in [6.07, 6.45) is 2.84. The summed E-state index contributed by atoms with van der Waals surface area (Å²) in [5.74, 6) is 1.64. The summed E-state index contributed by atoms with van der Waals surface area (Å²) >= 11 is 0. The van der Waals surface area contributed by atoms with E-state index in [4.69, 9.17) is 9.15 Å². The molecule has 0 aliphatic heterocycles. The van der Waals surface area contributed by atoms with Gasteiger partial charge in [0.15, 0.2) is 5.78 Å². The van der Waals surface area contributed by atoms with Crippen molar-refractivity contribution in [2.24, 2.45) is 0 Å². The molecule has 0 unspecified atom stereocenters. The lowest BCUT2D eigenvalue weighted by Gasteiger charge is -2.11. The predicted octanol–water partition coefficient (Wildman–Crippen LogP) is 5.63. The van der Waals surface area contributed by atoms with Gasteiger partial charge in [0.2, 0.25) is 0 Å². The largest absolute Gasteiger partial charge is 0.496 e. The Kier molecular flexibility index (Phi) is 4.93. The van der Waals surface area contributed by atoms with E-state index in [1.807, 2.05) is 50.2 Å². The van der Waals surface area contributed by atoms with E-state index in [0.29, 0.717) is 11.1 Å². The molecule has 1 heterocycles. The van der Waals surface area contributed by atoms with Crippen LogP contribution in [-0.4, -0.2) is 12.9 Å². The Labute approximate surface area is 148 Å². The van der Waals surface area contributed by atoms with Crippen LogP contribution in [0.15, 0.2) is 40.8 Å². The highest BCUT2D eigenvalue weighted by atomic mass is 16.5. The zero-order chi connectivity index (χ0) is 18.0. The summed E-state index contributed by atoms with van der Waals surface area (Å²) in [6, 6.07) is 11.6. The van der Waals surface area contributed by atoms with Gasteiger partial charge in [-0.2, -0.15) is 0 Å². The molecule has 3 nitrogen and oxygen atoms in total. The fourth-order valence-corrected chi connectivity index (χ4v) is 3.41. The molecule has 0 aliphatic carbocycles. The third-order valence-corrected chi connectivity index (χ3v) is 4.58. The molecule has 1 aromatic heterocycles. The van der Waals surface area contributed by atoms with Gasteiger partial charge in [0, 0.05) is 17.4 Å². The first-order valence-corrected chi connectivity index (χ1v) is 8.77. The molecule has 130 valence electrons. The number of hydrogen-bond donors (Lipinski definition) is 0. The molecule has 0 saturated carbocycles. The number of furan rings is 1. The highest BCUT2D eigenvalue weighted by molar-refractivity contribution is 6.17. The number of unbranched alkanes of at least 4 members (excludes halogenated alkanes) is 1. The number of para-hydroxylation sites is 1. The maximum atomic E-state index is 13.3. The van der Waals surface area contributed by atoms with Crippen LogP contribution in [0, 0.1) is 13.8 Å². The summed E-state index contributed by atoms with van der Waals surface area (Å²) in [5, 5.41) is 0.893. The molecule has 0 radical (unpaired) electrons. The maximum absolute atomic E-state index is 13.3. The molecule has 3 heteroatoms. The predicted molar refractivity (Wildman–Crippen MR) is 101 cm³/mol. The molecule has 2 aromatic carbocycles. The number of carbonyl (C=O) groups is 1. The van der Waals surface area contributed by atoms with Gasteiger partial charge in [0.1, 0.15) is 17.1 Å². The van der Waals surface area contributed by atoms with Crippen LogP contribution < -0.4 is 4.74 Å². The van der Waals surface area contributed by atoms with Gasteiger partial charge >= 0.3 is 0 Å². The number of methoxy groups -OCH3 is 1. The Morgan fingerprint density at radius 2 is 1.80 bits per heavy atom. The van der Waals surface area contributed by atoms with E-state index >= 15 is 0 Å². The maximum Gasteiger partial charge on any atom is 0.197 e. The summed E-state index contributed by atoms with van der Waals surface area (Å²) in [7, 11) is 1.66. The van der Waals surface area contributed by atoms with Crippen molar-refractivity contribution in [2.75, 3.05) is 7.11 Å². The van der Waals surface area contributed by atoms with E-state index in [9.17, 15) is 4.79 Å². The van der Waals surface area contributed by atoms with Gasteiger partial charge < -0.3 is 9.15 Å². The minimum absolute atomic E-state index is 0.0184. The summed E-state index contributed by atoms with van der Waals surface area (Å²) in [5.41, 5.74) is 4.09. The van der Waals surface area contributed by atoms with Gasteiger partial charge in [-0.25, -0.2) is 0 Å². The molecule has 25 heavy (non-hydrogen) atoms. The topological polar surface area (TPSA) is 39.4 Å². The van der Waals surface area contributed by atoms with Crippen molar-refractivity contribution >= 4 is 16.8 Å². The number of fused-ring (bicyclic) bond motifs is 1. The summed E-state index contributed by atoms with van der Waals surface area (Å²) < 4.78 is 11.4. The number of benzene rings is 2. The Hall–Kier alpha value is -2.55. The van der Waals surface area contributed by atoms with Crippen molar-refractivity contribution in [3.05, 3.63) is 64.4 Å². The number of hydrogen-bond acceptors (Lipinski definition) is 3. The molecule has 0 N–H and O–H groups in total. The first kappa shape index (κ1) is 17.3. The minimum Gasteiger partial charge on any atom is -0.496 e. The van der Waals surface area contributed by atoms with Crippen molar-refractivity contribution in [1.29, 1.82) is 0 Å². The van der Waals surface area contributed by atoms with Crippen LogP contribution in [0.4, 0.5) is 0 Å². The lowest BCUT2D eigenvalue weighted by molar-refractivity contribution is 0.103. The standard InChI is InChI=1S/C22H24O3/c1-5-6-10-19-20(17-9-7-8-11-18(17)25-19)21(23)16-12-14(2)22(24-4)15(3)13-16/h7-9,11-13H,5-6,10H2,1-4H3. The number of aryl methyl sites for hydroxylation is 3. The van der Waals surface area contributed by atoms with Crippen LogP contribution in [0.3, 0.4) is 0 Å². The Morgan fingerprint density at radius 3 is 2.44 bits per heavy atom. The van der Waals surface area contributed by atoms with Gasteiger partial charge in [0.05, 0.1) is 12.7 Å². The molecule has 0 atom stereocenters. The summed E-state index contributed by atoms with van der Waals surface area (Å²) in [4.78, 5) is 13.3. The smallest absolute Gasteiger partial charge is 0.197 e. The highest BCUT2D eigenvalue weighted by Gasteiger charge is 2.22. The molecule has 3 aromatic rings. The Bertz CT molecular complexity index is 895. The van der Waals surface area contributed by atoms with E-state index in [1.54, 1.807) is 7.11 Å². The van der Waals surface area contributed by atoms with Gasteiger partial charge in [-0.15, -0.1) is 0 Å². The fraction of sp³-hybridized carbons (Fsp3) is 0.318. The average Bonchev–Trinajstić information content (AvgIpc) is 2.97. The average molecular weight is 336 g/mol. The van der Waals surface area contributed by atoms with E-state index in [0.717, 1.165) is 52.9 Å². The van der Waals surface area contributed by atoms with Crippen molar-refractivity contribution in [3.63, 3.8) is 0 Å². The van der Waals surface area contributed by atoms with Crippen molar-refractivity contribution < 1.29 is 13.9 Å². The van der Waals surface area contributed by atoms with Crippen molar-refractivity contribution in [1.82, 2.24) is 0 Å². The lowest BCUT2D eigenvalue weighted by Crippen LogP contribution is -2.06. The SMILES string of the molecule is CCCCc1oc2ccccc2c1C(=O)c1cc(C)c(OC)c(C)c1. The zero-order valence-electron chi connectivity index (χ0n) is 15.3. The van der Waals surface area contributed by atoms with E-state index in [-0.39, 0.29) is 5.78 Å². The second kappa shape index (κ2) is 7.14. The van der Waals surface area contributed by atoms with Crippen LogP contribution in [0.5, 0.6) is 5.75 Å². The quantitative estimate of drug-likeness (QED) is 0.547. The zero-order valence-corrected chi connectivity index (χ0v) is 15.3. The number of ketones is 1. The van der Waals surface area contributed by atoms with E-state index in [1.165, 1.54) is 0 Å². The van der Waals surface area contributed by atoms with Crippen molar-refractivity contribution in [3.8, 4) is 5.75 Å². The summed E-state index contributed by atoms with van der Waals surface area (Å²) in [6.45, 7) is 6.07. The molecule has 0 amide bonds. The van der Waals surface area contributed by atoms with Crippen LogP contribution in [0.25, 0.3) is 11.0 Å². The molecule has 0 saturated heterocycles. The van der Waals surface area contributed by atoms with Crippen LogP contribution in [-0.2, 0) is 6.42 Å². The van der Waals surface area contributed by atoms with Gasteiger partial charge in [0.25, 0.3) is 0 Å². The molecule has 3 rings (SSSR count). The third kappa shape index (κ3) is 3.19. The van der Waals surface area contributed by atoms with E-state index < -0.39 is 0 Å². The molecular formula is C22H24O3. The fourth-order valence-electron chi connectivity index (χ4n) is 3.41. The normalized spacial score (nSPS) is 11.0. The van der Waals surface area contributed by atoms with Crippen LogP contribution in [0.1, 0.15) is 52.6 Å². The van der Waals surface area contributed by atoms with Gasteiger partial charge in [-0.05, 0) is 49.6 Å². The molecule has 0 spiro atoms. The van der Waals surface area contributed by atoms with Crippen molar-refractivity contribution in [2.45, 2.75) is 40.0 Å². The second-order valence-corrected chi connectivity index (χ2v) is 6.47. The monoisotopic (exact) mass is 336 g/mol. The van der Waals surface area contributed by atoms with E-state index in [2.05, 4.69) is 6.92 Å². The Balaban J connectivity index is 2.13. The number of ether oxygens (including phenoxy) is 1. The molecular weight excluding hydrogens is 312 g/mol. The van der Waals surface area contributed by atoms with Crippen LogP contribution >= 0.6 is 0 Å². The number of carbonyl (C=O) groups excluding carboxylic acids is 1. The molecule has 0 bridgehead atoms. The first-order chi connectivity index (χ1) is 12.1. The second-order valence-electron chi connectivity index (χ2n) is 6.47. The third-order valence-electron chi connectivity index (χ3n) is 4.58. The van der Waals surface area contributed by atoms with Gasteiger partial charge in [-0.1, -0.05) is 31.5 Å². The lowest BCUT2D eigenvalue weighted by atomic mass is 9.95. The highest BCUT2D eigenvalue weighted by Crippen LogP contribution is 2.31. The minimum atomic E-state index is 0.0184. The van der Waals surface area contributed by atoms with Crippen LogP contribution in [0.2, 0.25) is 0 Å². The van der Waals surface area contributed by atoms with Gasteiger partial charge in [-0.3, -0.25) is 4.79 Å².